The molecule has 0 spiro atoms. The van der Waals surface area contributed by atoms with Gasteiger partial charge in [-0.25, -0.2) is 4.98 Å². The number of esters is 1. The number of thiophene rings is 1. The van der Waals surface area contributed by atoms with Crippen LogP contribution >= 0.6 is 23.1 Å². The highest BCUT2D eigenvalue weighted by Gasteiger charge is 2.22. The van der Waals surface area contributed by atoms with Crippen LogP contribution in [0.5, 0.6) is 0 Å². The maximum absolute atomic E-state index is 13.4. The lowest BCUT2D eigenvalue weighted by atomic mass is 10.1. The molecule has 32 heavy (non-hydrogen) atoms. The smallest absolute Gasteiger partial charge is 0.319 e. The van der Waals surface area contributed by atoms with Gasteiger partial charge in [0.2, 0.25) is 0 Å². The number of thioether (sulfide) groups is 1. The number of allylic oxidation sites excluding steroid dienone is 1. The van der Waals surface area contributed by atoms with Gasteiger partial charge in [-0.15, -0.1) is 17.9 Å². The van der Waals surface area contributed by atoms with E-state index in [4.69, 9.17) is 9.72 Å². The first-order valence-electron chi connectivity index (χ1n) is 10.1. The van der Waals surface area contributed by atoms with Crippen molar-refractivity contribution in [2.45, 2.75) is 30.5 Å². The Balaban J connectivity index is 1.62. The van der Waals surface area contributed by atoms with Crippen molar-refractivity contribution in [1.29, 1.82) is 0 Å². The average molecular weight is 463 g/mol. The molecule has 0 N–H and O–H groups in total. The number of fused-ring (bicyclic) bond motifs is 1. The summed E-state index contributed by atoms with van der Waals surface area (Å²) in [6, 6.07) is 19.3. The fraction of sp³-hybridized carbons (Fsp3) is 0.160. The molecule has 0 saturated carbocycles. The summed E-state index contributed by atoms with van der Waals surface area (Å²) >= 11 is 2.65. The highest BCUT2D eigenvalue weighted by Crippen LogP contribution is 2.33. The monoisotopic (exact) mass is 462 g/mol. The second kappa shape index (κ2) is 9.97. The maximum Gasteiger partial charge on any atom is 0.319 e. The molecule has 2 heterocycles. The first-order valence-corrected chi connectivity index (χ1v) is 11.9. The SMILES string of the molecule is C=CCn1c(SC(C)C(=O)OCc2ccccc2)nc2scc(-c3ccccc3)c2c1=O. The third-order valence-corrected chi connectivity index (χ3v) is 6.83. The molecule has 2 aromatic heterocycles. The first-order chi connectivity index (χ1) is 15.6. The zero-order valence-electron chi connectivity index (χ0n) is 17.6. The highest BCUT2D eigenvalue weighted by molar-refractivity contribution is 8.00. The third kappa shape index (κ3) is 4.69. The minimum atomic E-state index is -0.521. The van der Waals surface area contributed by atoms with Crippen molar-refractivity contribution in [1.82, 2.24) is 9.55 Å². The zero-order valence-corrected chi connectivity index (χ0v) is 19.2. The topological polar surface area (TPSA) is 61.2 Å². The van der Waals surface area contributed by atoms with E-state index >= 15 is 0 Å². The second-order valence-electron chi connectivity index (χ2n) is 7.15. The van der Waals surface area contributed by atoms with Crippen LogP contribution in [0.4, 0.5) is 0 Å². The van der Waals surface area contributed by atoms with Crippen LogP contribution in [-0.2, 0) is 22.7 Å². The normalized spacial score (nSPS) is 11.9. The maximum atomic E-state index is 13.4. The van der Waals surface area contributed by atoms with Crippen LogP contribution in [0.3, 0.4) is 0 Å². The van der Waals surface area contributed by atoms with Gasteiger partial charge < -0.3 is 4.74 Å². The summed E-state index contributed by atoms with van der Waals surface area (Å²) in [5.74, 6) is -0.352. The van der Waals surface area contributed by atoms with Gasteiger partial charge in [-0.1, -0.05) is 78.5 Å². The van der Waals surface area contributed by atoms with Gasteiger partial charge in [-0.05, 0) is 18.1 Å². The number of rotatable bonds is 8. The summed E-state index contributed by atoms with van der Waals surface area (Å²) in [6.07, 6.45) is 1.66. The van der Waals surface area contributed by atoms with Crippen molar-refractivity contribution in [3.05, 3.63) is 94.6 Å². The molecule has 1 unspecified atom stereocenters. The molecule has 1 atom stereocenters. The Morgan fingerprint density at radius 2 is 1.88 bits per heavy atom. The van der Waals surface area contributed by atoms with Gasteiger partial charge in [0, 0.05) is 17.5 Å². The van der Waals surface area contributed by atoms with E-state index in [1.165, 1.54) is 23.1 Å². The molecule has 0 aliphatic rings. The van der Waals surface area contributed by atoms with Gasteiger partial charge in [0.1, 0.15) is 16.7 Å². The van der Waals surface area contributed by atoms with E-state index < -0.39 is 5.25 Å². The second-order valence-corrected chi connectivity index (χ2v) is 9.31. The van der Waals surface area contributed by atoms with Crippen molar-refractivity contribution in [3.63, 3.8) is 0 Å². The van der Waals surface area contributed by atoms with Crippen LogP contribution in [-0.4, -0.2) is 20.8 Å². The molecule has 0 amide bonds. The van der Waals surface area contributed by atoms with E-state index in [0.29, 0.717) is 21.9 Å². The highest BCUT2D eigenvalue weighted by atomic mass is 32.2. The standard InChI is InChI=1S/C25H22N2O3S2/c1-3-14-27-23(28)21-20(19-12-8-5-9-13-19)16-31-22(21)26-25(27)32-17(2)24(29)30-15-18-10-6-4-7-11-18/h3-13,16-17H,1,14-15H2,2H3. The molecule has 0 radical (unpaired) electrons. The largest absolute Gasteiger partial charge is 0.460 e. The van der Waals surface area contributed by atoms with E-state index in [9.17, 15) is 9.59 Å². The minimum absolute atomic E-state index is 0.137. The number of hydrogen-bond acceptors (Lipinski definition) is 6. The molecule has 2 aromatic carbocycles. The lowest BCUT2D eigenvalue weighted by Gasteiger charge is -2.14. The van der Waals surface area contributed by atoms with Crippen molar-refractivity contribution in [2.75, 3.05) is 0 Å². The average Bonchev–Trinajstić information content (AvgIpc) is 3.25. The zero-order chi connectivity index (χ0) is 22.5. The minimum Gasteiger partial charge on any atom is -0.460 e. The Hall–Kier alpha value is -3.16. The van der Waals surface area contributed by atoms with Crippen LogP contribution in [0.15, 0.2) is 88.6 Å². The van der Waals surface area contributed by atoms with E-state index in [2.05, 4.69) is 6.58 Å². The fourth-order valence-electron chi connectivity index (χ4n) is 3.27. The molecule has 0 fully saturated rings. The van der Waals surface area contributed by atoms with Crippen molar-refractivity contribution in [3.8, 4) is 11.1 Å². The Morgan fingerprint density at radius 3 is 2.56 bits per heavy atom. The molecule has 0 aliphatic heterocycles. The van der Waals surface area contributed by atoms with Gasteiger partial charge in [-0.2, -0.15) is 0 Å². The predicted octanol–water partition coefficient (Wildman–Crippen LogP) is 5.54. The molecule has 4 rings (SSSR count). The number of carbonyl (C=O) groups excluding carboxylic acids is 1. The Labute approximate surface area is 194 Å². The number of ether oxygens (including phenoxy) is 1. The predicted molar refractivity (Wildman–Crippen MR) is 131 cm³/mol. The summed E-state index contributed by atoms with van der Waals surface area (Å²) in [7, 11) is 0. The van der Waals surface area contributed by atoms with Gasteiger partial charge in [0.25, 0.3) is 5.56 Å². The Bertz CT molecular complexity index is 1300. The molecule has 0 aliphatic carbocycles. The number of carbonyl (C=O) groups is 1. The van der Waals surface area contributed by atoms with Crippen molar-refractivity contribution >= 4 is 39.3 Å². The molecule has 4 aromatic rings. The van der Waals surface area contributed by atoms with Crippen LogP contribution in [0, 0.1) is 0 Å². The van der Waals surface area contributed by atoms with Crippen LogP contribution in [0.25, 0.3) is 21.3 Å². The first kappa shape index (κ1) is 22.0. The van der Waals surface area contributed by atoms with E-state index in [1.807, 2.05) is 66.0 Å². The van der Waals surface area contributed by atoms with E-state index in [0.717, 1.165) is 16.7 Å². The lowest BCUT2D eigenvalue weighted by molar-refractivity contribution is -0.143. The number of nitrogens with zero attached hydrogens (tertiary/aromatic N) is 2. The fourth-order valence-corrected chi connectivity index (χ4v) is 5.17. The lowest BCUT2D eigenvalue weighted by Crippen LogP contribution is -2.25. The van der Waals surface area contributed by atoms with E-state index in [1.54, 1.807) is 17.6 Å². The molecule has 5 nitrogen and oxygen atoms in total. The number of aromatic nitrogens is 2. The van der Waals surface area contributed by atoms with E-state index in [-0.39, 0.29) is 18.1 Å². The van der Waals surface area contributed by atoms with Crippen LogP contribution < -0.4 is 5.56 Å². The molecular formula is C25H22N2O3S2. The number of hydrogen-bond donors (Lipinski definition) is 0. The Morgan fingerprint density at radius 1 is 1.19 bits per heavy atom. The summed E-state index contributed by atoms with van der Waals surface area (Å²) in [5.41, 5.74) is 2.63. The molecule has 0 saturated heterocycles. The summed E-state index contributed by atoms with van der Waals surface area (Å²) < 4.78 is 7.02. The summed E-state index contributed by atoms with van der Waals surface area (Å²) in [5, 5.41) is 2.51. The summed E-state index contributed by atoms with van der Waals surface area (Å²) in [4.78, 5) is 31.3. The van der Waals surface area contributed by atoms with Gasteiger partial charge in [0.15, 0.2) is 5.16 Å². The summed E-state index contributed by atoms with van der Waals surface area (Å²) in [6.45, 7) is 6.05. The molecule has 162 valence electrons. The Kier molecular flexibility index (Phi) is 6.87. The molecular weight excluding hydrogens is 440 g/mol. The third-order valence-electron chi connectivity index (χ3n) is 4.89. The molecule has 0 bridgehead atoms. The van der Waals surface area contributed by atoms with Crippen molar-refractivity contribution < 1.29 is 9.53 Å². The number of benzene rings is 2. The van der Waals surface area contributed by atoms with Crippen molar-refractivity contribution in [2.24, 2.45) is 0 Å². The van der Waals surface area contributed by atoms with Gasteiger partial charge in [-0.3, -0.25) is 14.2 Å². The van der Waals surface area contributed by atoms with Gasteiger partial charge >= 0.3 is 5.97 Å². The van der Waals surface area contributed by atoms with Crippen LogP contribution in [0.2, 0.25) is 0 Å². The molecule has 7 heteroatoms. The van der Waals surface area contributed by atoms with Gasteiger partial charge in [0.05, 0.1) is 5.39 Å². The quantitative estimate of drug-likeness (QED) is 0.149. The van der Waals surface area contributed by atoms with Crippen LogP contribution in [0.1, 0.15) is 12.5 Å².